The molecule has 1 unspecified atom stereocenters. The fourth-order valence-corrected chi connectivity index (χ4v) is 2.96. The maximum Gasteiger partial charge on any atom is 0.243 e. The highest BCUT2D eigenvalue weighted by molar-refractivity contribution is 5.96. The number of hydrogen-bond donors (Lipinski definition) is 5. The molecule has 0 spiro atoms. The number of anilines is 1. The maximum atomic E-state index is 12.6. The van der Waals surface area contributed by atoms with Gasteiger partial charge in [-0.25, -0.2) is 0 Å². The van der Waals surface area contributed by atoms with Gasteiger partial charge >= 0.3 is 0 Å². The number of amides is 3. The Morgan fingerprint density at radius 2 is 1.60 bits per heavy atom. The number of benzene rings is 1. The van der Waals surface area contributed by atoms with Crippen LogP contribution in [0, 0.1) is 5.92 Å². The summed E-state index contributed by atoms with van der Waals surface area (Å²) in [4.78, 5) is 37.4. The lowest BCUT2D eigenvalue weighted by molar-refractivity contribution is -0.134. The minimum absolute atomic E-state index is 0.0816. The number of rotatable bonds is 13. The number of hydrogen-bond acceptors (Lipinski definition) is 6. The Kier molecular flexibility index (Phi) is 14.4. The van der Waals surface area contributed by atoms with Crippen LogP contribution in [0.4, 0.5) is 5.69 Å². The second-order valence-electron chi connectivity index (χ2n) is 9.93. The summed E-state index contributed by atoms with van der Waals surface area (Å²) in [6, 6.07) is 5.94. The summed E-state index contributed by atoms with van der Waals surface area (Å²) in [6.45, 7) is 15.2. The van der Waals surface area contributed by atoms with Gasteiger partial charge in [0.1, 0.15) is 6.04 Å². The quantitative estimate of drug-likeness (QED) is 0.285. The Morgan fingerprint density at radius 3 is 2.09 bits per heavy atom. The summed E-state index contributed by atoms with van der Waals surface area (Å²) < 4.78 is 5.82. The van der Waals surface area contributed by atoms with Crippen LogP contribution < -0.4 is 21.7 Å². The standard InChI is InChI=1S/C24H40N4O5.C2H6/c1-16(2)21(28-19(30)13-24(5,6)33-12-11-23(3,4)25)22(32)26-14-20(31)27-18-9-7-17(15-29)8-10-18;1-2/h7-10,16,21,29H,11-15,25H2,1-6H3,(H,26,32)(H,27,31)(H,28,30);1-2H3. The first-order valence-corrected chi connectivity index (χ1v) is 12.2. The van der Waals surface area contributed by atoms with Crippen LogP contribution in [-0.4, -0.2) is 53.2 Å². The third kappa shape index (κ3) is 14.5. The van der Waals surface area contributed by atoms with Gasteiger partial charge in [-0.3, -0.25) is 14.4 Å². The predicted molar refractivity (Wildman–Crippen MR) is 140 cm³/mol. The fourth-order valence-electron chi connectivity index (χ4n) is 2.96. The molecule has 0 radical (unpaired) electrons. The van der Waals surface area contributed by atoms with E-state index in [4.69, 9.17) is 15.6 Å². The van der Waals surface area contributed by atoms with Gasteiger partial charge in [0.05, 0.1) is 25.2 Å². The van der Waals surface area contributed by atoms with Crippen LogP contribution >= 0.6 is 0 Å². The highest BCUT2D eigenvalue weighted by Crippen LogP contribution is 2.17. The predicted octanol–water partition coefficient (Wildman–Crippen LogP) is 2.71. The molecule has 0 aliphatic carbocycles. The molecule has 9 heteroatoms. The van der Waals surface area contributed by atoms with Crippen LogP contribution in [0.5, 0.6) is 0 Å². The van der Waals surface area contributed by atoms with Crippen molar-refractivity contribution in [2.75, 3.05) is 18.5 Å². The Labute approximate surface area is 210 Å². The largest absolute Gasteiger partial charge is 0.392 e. The second-order valence-corrected chi connectivity index (χ2v) is 9.93. The molecule has 0 aromatic heterocycles. The molecule has 1 aromatic carbocycles. The van der Waals surface area contributed by atoms with E-state index in [1.807, 2.05) is 55.4 Å². The van der Waals surface area contributed by atoms with Gasteiger partial charge in [-0.1, -0.05) is 39.8 Å². The Hall–Kier alpha value is -2.49. The number of aliphatic hydroxyl groups excluding tert-OH is 1. The summed E-state index contributed by atoms with van der Waals surface area (Å²) in [7, 11) is 0. The molecule has 0 fully saturated rings. The minimum atomic E-state index is -0.784. The Morgan fingerprint density at radius 1 is 1.03 bits per heavy atom. The summed E-state index contributed by atoms with van der Waals surface area (Å²) in [6.07, 6.45) is 0.738. The summed E-state index contributed by atoms with van der Waals surface area (Å²) in [5, 5.41) is 17.1. The molecule has 9 nitrogen and oxygen atoms in total. The Balaban J connectivity index is 0.00000562. The van der Waals surface area contributed by atoms with Gasteiger partial charge in [-0.05, 0) is 57.7 Å². The topological polar surface area (TPSA) is 143 Å². The molecular weight excluding hydrogens is 448 g/mol. The van der Waals surface area contributed by atoms with Crippen LogP contribution in [0.1, 0.15) is 73.8 Å². The lowest BCUT2D eigenvalue weighted by Crippen LogP contribution is -2.52. The molecule has 1 aromatic rings. The average molecular weight is 495 g/mol. The number of carbonyl (C=O) groups is 3. The van der Waals surface area contributed by atoms with Crippen molar-refractivity contribution in [1.29, 1.82) is 0 Å². The lowest BCUT2D eigenvalue weighted by atomic mass is 10.00. The molecule has 0 bridgehead atoms. The average Bonchev–Trinajstić information content (AvgIpc) is 2.76. The number of carbonyl (C=O) groups excluding carboxylic acids is 3. The van der Waals surface area contributed by atoms with Crippen molar-refractivity contribution < 1.29 is 24.2 Å². The molecular formula is C26H46N4O5. The van der Waals surface area contributed by atoms with Gasteiger partial charge < -0.3 is 31.5 Å². The van der Waals surface area contributed by atoms with E-state index >= 15 is 0 Å². The maximum absolute atomic E-state index is 12.6. The third-order valence-electron chi connectivity index (χ3n) is 4.93. The van der Waals surface area contributed by atoms with Crippen LogP contribution in [0.15, 0.2) is 24.3 Å². The molecule has 0 saturated carbocycles. The lowest BCUT2D eigenvalue weighted by Gasteiger charge is -2.28. The van der Waals surface area contributed by atoms with E-state index in [2.05, 4.69) is 16.0 Å². The van der Waals surface area contributed by atoms with Crippen LogP contribution in [0.25, 0.3) is 0 Å². The van der Waals surface area contributed by atoms with E-state index in [0.717, 1.165) is 5.56 Å². The first-order valence-electron chi connectivity index (χ1n) is 12.2. The van der Waals surface area contributed by atoms with E-state index in [1.54, 1.807) is 24.3 Å². The van der Waals surface area contributed by atoms with Crippen molar-refractivity contribution >= 4 is 23.4 Å². The number of nitrogens with one attached hydrogen (secondary N) is 3. The van der Waals surface area contributed by atoms with Crippen molar-refractivity contribution in [2.45, 2.75) is 92.0 Å². The van der Waals surface area contributed by atoms with Gasteiger partial charge in [0.2, 0.25) is 17.7 Å². The molecule has 0 heterocycles. The zero-order valence-corrected chi connectivity index (χ0v) is 22.7. The van der Waals surface area contributed by atoms with Crippen molar-refractivity contribution in [2.24, 2.45) is 11.7 Å². The van der Waals surface area contributed by atoms with Crippen molar-refractivity contribution in [3.63, 3.8) is 0 Å². The first kappa shape index (κ1) is 32.5. The number of nitrogens with two attached hydrogens (primary N) is 1. The molecule has 6 N–H and O–H groups in total. The molecule has 0 aliphatic rings. The van der Waals surface area contributed by atoms with E-state index < -0.39 is 23.5 Å². The zero-order valence-electron chi connectivity index (χ0n) is 22.7. The normalized spacial score (nSPS) is 12.3. The van der Waals surface area contributed by atoms with Gasteiger partial charge in [0, 0.05) is 17.8 Å². The first-order chi connectivity index (χ1) is 16.2. The molecule has 0 saturated heterocycles. The van der Waals surface area contributed by atoms with Crippen LogP contribution in [-0.2, 0) is 25.7 Å². The minimum Gasteiger partial charge on any atom is -0.392 e. The van der Waals surface area contributed by atoms with Gasteiger partial charge in [-0.15, -0.1) is 0 Å². The molecule has 0 aliphatic heterocycles. The van der Waals surface area contributed by atoms with E-state index in [-0.39, 0.29) is 36.9 Å². The van der Waals surface area contributed by atoms with E-state index in [0.29, 0.717) is 18.7 Å². The van der Waals surface area contributed by atoms with Crippen LogP contribution in [0.3, 0.4) is 0 Å². The highest BCUT2D eigenvalue weighted by atomic mass is 16.5. The molecule has 1 atom stereocenters. The summed E-state index contributed by atoms with van der Waals surface area (Å²) in [5.41, 5.74) is 6.19. The molecule has 200 valence electrons. The van der Waals surface area contributed by atoms with Crippen molar-refractivity contribution in [1.82, 2.24) is 10.6 Å². The van der Waals surface area contributed by atoms with Gasteiger partial charge in [0.25, 0.3) is 0 Å². The highest BCUT2D eigenvalue weighted by Gasteiger charge is 2.29. The number of aliphatic hydroxyl groups is 1. The Bertz CT molecular complexity index is 786. The zero-order chi connectivity index (χ0) is 27.2. The SMILES string of the molecule is CC.CC(C)C(NC(=O)CC(C)(C)OCCC(C)(C)N)C(=O)NCC(=O)Nc1ccc(CO)cc1. The van der Waals surface area contributed by atoms with Crippen molar-refractivity contribution in [3.8, 4) is 0 Å². The second kappa shape index (κ2) is 15.5. The van der Waals surface area contributed by atoms with Crippen molar-refractivity contribution in [3.05, 3.63) is 29.8 Å². The molecule has 3 amide bonds. The smallest absolute Gasteiger partial charge is 0.243 e. The summed E-state index contributed by atoms with van der Waals surface area (Å²) >= 11 is 0. The number of ether oxygens (including phenoxy) is 1. The van der Waals surface area contributed by atoms with Gasteiger partial charge in [0.15, 0.2) is 0 Å². The molecule has 35 heavy (non-hydrogen) atoms. The fraction of sp³-hybridized carbons (Fsp3) is 0.654. The van der Waals surface area contributed by atoms with Gasteiger partial charge in [-0.2, -0.15) is 0 Å². The van der Waals surface area contributed by atoms with E-state index in [1.165, 1.54) is 0 Å². The summed E-state index contributed by atoms with van der Waals surface area (Å²) in [5.74, 6) is -1.32. The monoisotopic (exact) mass is 494 g/mol. The van der Waals surface area contributed by atoms with E-state index in [9.17, 15) is 14.4 Å². The third-order valence-corrected chi connectivity index (χ3v) is 4.93. The van der Waals surface area contributed by atoms with Crippen LogP contribution in [0.2, 0.25) is 0 Å². The molecule has 1 rings (SSSR count).